The van der Waals surface area contributed by atoms with Gasteiger partial charge in [-0.05, 0) is 30.3 Å². The van der Waals surface area contributed by atoms with Gasteiger partial charge in [0, 0.05) is 11.0 Å². The van der Waals surface area contributed by atoms with Crippen LogP contribution in [0.4, 0.5) is 14.5 Å². The maximum Gasteiger partial charge on any atom is 0.290 e. The lowest BCUT2D eigenvalue weighted by molar-refractivity contribution is -0.384. The Morgan fingerprint density at radius 3 is 2.32 bits per heavy atom. The van der Waals surface area contributed by atoms with Crippen molar-refractivity contribution in [2.45, 2.75) is 9.79 Å². The molecule has 19 heavy (non-hydrogen) atoms. The molecule has 2 aromatic rings. The Balaban J connectivity index is 2.34. The number of rotatable bonds is 3. The van der Waals surface area contributed by atoms with Crippen LogP contribution in [0.3, 0.4) is 0 Å². The van der Waals surface area contributed by atoms with Gasteiger partial charge in [-0.2, -0.15) is 0 Å². The fraction of sp³-hybridized carbons (Fsp3) is 0. The van der Waals surface area contributed by atoms with Crippen molar-refractivity contribution in [1.82, 2.24) is 0 Å². The fourth-order valence-electron chi connectivity index (χ4n) is 1.37. The van der Waals surface area contributed by atoms with E-state index in [-0.39, 0.29) is 4.90 Å². The van der Waals surface area contributed by atoms with Crippen LogP contribution in [0.5, 0.6) is 0 Å². The number of halogens is 3. The highest BCUT2D eigenvalue weighted by Gasteiger charge is 2.19. The first-order valence-corrected chi connectivity index (χ1v) is 6.24. The monoisotopic (exact) mass is 301 g/mol. The number of benzene rings is 2. The maximum atomic E-state index is 13.9. The third kappa shape index (κ3) is 3.02. The van der Waals surface area contributed by atoms with E-state index < -0.39 is 27.3 Å². The van der Waals surface area contributed by atoms with E-state index in [1.54, 1.807) is 0 Å². The molecule has 0 amide bonds. The van der Waals surface area contributed by atoms with E-state index in [1.807, 2.05) is 0 Å². The number of nitrogens with zero attached hydrogens (tertiary/aromatic N) is 1. The van der Waals surface area contributed by atoms with E-state index in [0.717, 1.165) is 17.8 Å². The Morgan fingerprint density at radius 2 is 1.74 bits per heavy atom. The molecular weight excluding hydrogens is 296 g/mol. The summed E-state index contributed by atoms with van der Waals surface area (Å²) in [6, 6.07) is 7.86. The molecule has 2 rings (SSSR count). The minimum Gasteiger partial charge on any atom is -0.258 e. The fourth-order valence-corrected chi connectivity index (χ4v) is 2.51. The summed E-state index contributed by atoms with van der Waals surface area (Å²) >= 11 is 6.60. The molecule has 0 bridgehead atoms. The Hall–Kier alpha value is -1.66. The molecule has 0 spiro atoms. The summed E-state index contributed by atoms with van der Waals surface area (Å²) in [5.74, 6) is -1.25. The van der Waals surface area contributed by atoms with Crippen LogP contribution in [0.2, 0.25) is 5.02 Å². The summed E-state index contributed by atoms with van der Waals surface area (Å²) < 4.78 is 26.6. The van der Waals surface area contributed by atoms with Crippen molar-refractivity contribution in [1.29, 1.82) is 0 Å². The summed E-state index contributed by atoms with van der Waals surface area (Å²) in [5.41, 5.74) is -0.484. The average Bonchev–Trinajstić information content (AvgIpc) is 2.37. The predicted molar refractivity (Wildman–Crippen MR) is 68.6 cm³/mol. The van der Waals surface area contributed by atoms with Crippen LogP contribution in [0, 0.1) is 21.7 Å². The SMILES string of the molecule is O=[N+]([O-])c1ccc(Sc2ccc(F)cc2)c(F)c1Cl. The van der Waals surface area contributed by atoms with Gasteiger partial charge in [-0.15, -0.1) is 0 Å². The molecule has 0 saturated heterocycles. The third-order valence-corrected chi connectivity index (χ3v) is 3.67. The van der Waals surface area contributed by atoms with Crippen LogP contribution < -0.4 is 0 Å². The summed E-state index contributed by atoms with van der Waals surface area (Å²) in [6.45, 7) is 0. The van der Waals surface area contributed by atoms with Gasteiger partial charge in [-0.3, -0.25) is 10.1 Å². The van der Waals surface area contributed by atoms with Crippen LogP contribution in [0.1, 0.15) is 0 Å². The zero-order valence-electron chi connectivity index (χ0n) is 9.27. The number of nitro benzene ring substituents is 1. The van der Waals surface area contributed by atoms with Crippen LogP contribution >= 0.6 is 23.4 Å². The second-order valence-corrected chi connectivity index (χ2v) is 5.02. The molecule has 0 atom stereocenters. The molecule has 0 saturated carbocycles. The van der Waals surface area contributed by atoms with Crippen molar-refractivity contribution in [2.75, 3.05) is 0 Å². The van der Waals surface area contributed by atoms with Gasteiger partial charge in [0.15, 0.2) is 10.8 Å². The lowest BCUT2D eigenvalue weighted by atomic mass is 10.3. The van der Waals surface area contributed by atoms with Gasteiger partial charge >= 0.3 is 0 Å². The minimum atomic E-state index is -0.856. The Kier molecular flexibility index (Phi) is 4.01. The van der Waals surface area contributed by atoms with Crippen LogP contribution in [-0.2, 0) is 0 Å². The zero-order chi connectivity index (χ0) is 14.0. The summed E-state index contributed by atoms with van der Waals surface area (Å²) in [5, 5.41) is 10.1. The van der Waals surface area contributed by atoms with Crippen molar-refractivity contribution in [3.63, 3.8) is 0 Å². The topological polar surface area (TPSA) is 43.1 Å². The molecule has 0 heterocycles. The molecule has 0 aliphatic heterocycles. The average molecular weight is 302 g/mol. The van der Waals surface area contributed by atoms with E-state index in [1.165, 1.54) is 30.3 Å². The largest absolute Gasteiger partial charge is 0.290 e. The highest BCUT2D eigenvalue weighted by Crippen LogP contribution is 2.36. The smallest absolute Gasteiger partial charge is 0.258 e. The molecule has 98 valence electrons. The van der Waals surface area contributed by atoms with Crippen LogP contribution in [-0.4, -0.2) is 4.92 Å². The molecule has 0 aliphatic rings. The molecule has 2 aromatic carbocycles. The lowest BCUT2D eigenvalue weighted by Gasteiger charge is -2.05. The van der Waals surface area contributed by atoms with Gasteiger partial charge in [0.2, 0.25) is 0 Å². The van der Waals surface area contributed by atoms with E-state index in [9.17, 15) is 18.9 Å². The predicted octanol–water partition coefficient (Wildman–Crippen LogP) is 4.68. The first kappa shape index (κ1) is 13.8. The number of hydrogen-bond acceptors (Lipinski definition) is 3. The minimum absolute atomic E-state index is 0.141. The Morgan fingerprint density at radius 1 is 1.11 bits per heavy atom. The van der Waals surface area contributed by atoms with E-state index in [2.05, 4.69) is 0 Å². The molecule has 0 unspecified atom stereocenters. The standard InChI is InChI=1S/C12H6ClF2NO2S/c13-11-9(16(17)18)5-6-10(12(11)15)19-8-3-1-7(14)2-4-8/h1-6H. The molecule has 3 nitrogen and oxygen atoms in total. The highest BCUT2D eigenvalue weighted by molar-refractivity contribution is 7.99. The molecule has 0 N–H and O–H groups in total. The van der Waals surface area contributed by atoms with Crippen molar-refractivity contribution < 1.29 is 13.7 Å². The second-order valence-electron chi connectivity index (χ2n) is 3.52. The van der Waals surface area contributed by atoms with Crippen molar-refractivity contribution in [3.8, 4) is 0 Å². The highest BCUT2D eigenvalue weighted by atomic mass is 35.5. The Labute approximate surface area is 116 Å². The van der Waals surface area contributed by atoms with Gasteiger partial charge in [-0.1, -0.05) is 23.4 Å². The maximum absolute atomic E-state index is 13.9. The number of nitro groups is 1. The first-order valence-electron chi connectivity index (χ1n) is 5.05. The second kappa shape index (κ2) is 5.54. The van der Waals surface area contributed by atoms with Crippen molar-refractivity contribution in [3.05, 3.63) is 63.2 Å². The molecule has 7 heteroatoms. The van der Waals surface area contributed by atoms with E-state index >= 15 is 0 Å². The van der Waals surface area contributed by atoms with E-state index in [4.69, 9.17) is 11.6 Å². The molecule has 0 aliphatic carbocycles. The normalized spacial score (nSPS) is 10.5. The Bertz CT molecular complexity index is 634. The molecule has 0 fully saturated rings. The van der Waals surface area contributed by atoms with Gasteiger partial charge in [0.25, 0.3) is 5.69 Å². The third-order valence-electron chi connectivity index (χ3n) is 2.26. The van der Waals surface area contributed by atoms with Crippen LogP contribution in [0.15, 0.2) is 46.2 Å². The lowest BCUT2D eigenvalue weighted by Crippen LogP contribution is -1.93. The summed E-state index contributed by atoms with van der Waals surface area (Å²) in [6.07, 6.45) is 0. The van der Waals surface area contributed by atoms with Crippen LogP contribution in [0.25, 0.3) is 0 Å². The summed E-state index contributed by atoms with van der Waals surface area (Å²) in [7, 11) is 0. The molecular formula is C12H6ClF2NO2S. The molecule has 0 radical (unpaired) electrons. The van der Waals surface area contributed by atoms with Gasteiger partial charge in [-0.25, -0.2) is 8.78 Å². The van der Waals surface area contributed by atoms with Crippen molar-refractivity contribution >= 4 is 29.1 Å². The number of hydrogen-bond donors (Lipinski definition) is 0. The van der Waals surface area contributed by atoms with Crippen molar-refractivity contribution in [2.24, 2.45) is 0 Å². The van der Waals surface area contributed by atoms with E-state index in [0.29, 0.717) is 4.90 Å². The van der Waals surface area contributed by atoms with Gasteiger partial charge < -0.3 is 0 Å². The van der Waals surface area contributed by atoms with Gasteiger partial charge in [0.05, 0.1) is 9.82 Å². The quantitative estimate of drug-likeness (QED) is 0.611. The zero-order valence-corrected chi connectivity index (χ0v) is 10.8. The van der Waals surface area contributed by atoms with Gasteiger partial charge in [0.1, 0.15) is 5.82 Å². The molecule has 0 aromatic heterocycles. The summed E-state index contributed by atoms with van der Waals surface area (Å²) in [4.78, 5) is 10.6. The first-order chi connectivity index (χ1) is 8.99.